The minimum atomic E-state index is -1.40. The molecule has 2 atom stereocenters. The molecule has 1 aliphatic rings. The van der Waals surface area contributed by atoms with Crippen molar-refractivity contribution < 1.29 is 39.5 Å². The summed E-state index contributed by atoms with van der Waals surface area (Å²) in [6.07, 6.45) is 1.24. The summed E-state index contributed by atoms with van der Waals surface area (Å²) < 4.78 is 11.5. The summed E-state index contributed by atoms with van der Waals surface area (Å²) >= 11 is 0. The van der Waals surface area contributed by atoms with Crippen LogP contribution in [0.25, 0.3) is 0 Å². The highest BCUT2D eigenvalue weighted by Crippen LogP contribution is 2.42. The molecule has 200 valence electrons. The lowest BCUT2D eigenvalue weighted by Crippen LogP contribution is -2.53. The molecule has 0 spiro atoms. The van der Waals surface area contributed by atoms with Crippen LogP contribution in [0.1, 0.15) is 108 Å². The van der Waals surface area contributed by atoms with Crippen LogP contribution in [0, 0.1) is 10.8 Å². The first-order chi connectivity index (χ1) is 14.9. The Morgan fingerprint density at radius 3 is 1.00 bits per heavy atom. The maximum absolute atomic E-state index is 13.1. The summed E-state index contributed by atoms with van der Waals surface area (Å²) in [6, 6.07) is 0. The summed E-state index contributed by atoms with van der Waals surface area (Å²) in [6.45, 7) is 15.7. The minimum Gasteiger partial charge on any atom is -0.462 e. The second kappa shape index (κ2) is 10.0. The van der Waals surface area contributed by atoms with Crippen molar-refractivity contribution in [3.63, 3.8) is 0 Å². The first-order valence-electron chi connectivity index (χ1n) is 12.2. The molecule has 34 heavy (non-hydrogen) atoms. The number of hydrogen-bond acceptors (Lipinski definition) is 8. The molecule has 0 radical (unpaired) electrons. The Morgan fingerprint density at radius 2 is 0.824 bits per heavy atom. The van der Waals surface area contributed by atoms with E-state index >= 15 is 0 Å². The van der Waals surface area contributed by atoms with Crippen molar-refractivity contribution in [1.82, 2.24) is 0 Å². The molecule has 1 aliphatic carbocycles. The van der Waals surface area contributed by atoms with Crippen LogP contribution in [0.3, 0.4) is 0 Å². The Hall–Kier alpha value is -1.22. The zero-order valence-electron chi connectivity index (χ0n) is 22.8. The molecular formula is C26H48O8. The van der Waals surface area contributed by atoms with Gasteiger partial charge in [-0.1, -0.05) is 0 Å². The molecule has 1 fully saturated rings. The number of hydrogen-bond donors (Lipinski definition) is 4. The van der Waals surface area contributed by atoms with Gasteiger partial charge in [-0.25, -0.2) is 0 Å². The second-order valence-corrected chi connectivity index (χ2v) is 13.0. The Bertz CT molecular complexity index is 649. The van der Waals surface area contributed by atoms with Gasteiger partial charge in [0.25, 0.3) is 0 Å². The van der Waals surface area contributed by atoms with Gasteiger partial charge >= 0.3 is 11.9 Å². The van der Waals surface area contributed by atoms with Gasteiger partial charge < -0.3 is 29.9 Å². The van der Waals surface area contributed by atoms with Crippen LogP contribution in [-0.2, 0) is 19.1 Å². The summed E-state index contributed by atoms with van der Waals surface area (Å²) in [5.74, 6) is -1.13. The first-order valence-corrected chi connectivity index (χ1v) is 12.2. The summed E-state index contributed by atoms with van der Waals surface area (Å²) in [7, 11) is 0. The largest absolute Gasteiger partial charge is 0.462 e. The van der Waals surface area contributed by atoms with E-state index in [1.165, 1.54) is 27.7 Å². The number of rotatable bonds is 10. The van der Waals surface area contributed by atoms with Crippen LogP contribution in [0.2, 0.25) is 0 Å². The zero-order valence-corrected chi connectivity index (χ0v) is 22.8. The van der Waals surface area contributed by atoms with E-state index in [1.807, 2.05) is 0 Å². The lowest BCUT2D eigenvalue weighted by molar-refractivity contribution is -0.190. The number of carbonyl (C=O) groups is 2. The SMILES string of the molecule is CC(C)(O)CC(C)(C(=O)OC1CCC(OC(=O)C(C)(CC(C)(C)O)C(C)(C)O)CC1)C(C)(C)O. The van der Waals surface area contributed by atoms with E-state index in [2.05, 4.69) is 0 Å². The van der Waals surface area contributed by atoms with Gasteiger partial charge in [-0.3, -0.25) is 9.59 Å². The molecule has 8 heteroatoms. The summed E-state index contributed by atoms with van der Waals surface area (Å²) in [5.41, 5.74) is -7.76. The van der Waals surface area contributed by atoms with E-state index in [4.69, 9.17) is 9.47 Å². The van der Waals surface area contributed by atoms with Crippen LogP contribution >= 0.6 is 0 Å². The maximum atomic E-state index is 13.1. The van der Waals surface area contributed by atoms with E-state index in [1.54, 1.807) is 41.5 Å². The third-order valence-electron chi connectivity index (χ3n) is 7.34. The Labute approximate surface area is 205 Å². The summed E-state index contributed by atoms with van der Waals surface area (Å²) in [5, 5.41) is 41.9. The molecule has 0 amide bonds. The lowest BCUT2D eigenvalue weighted by atomic mass is 9.69. The standard InChI is InChI=1S/C26H48O8/c1-21(2,29)15-25(9,23(5,6)31)19(27)33-17-11-13-18(14-12-17)34-20(28)26(10,24(7,8)32)16-22(3,4)30/h17-18,29-32H,11-16H2,1-10H3. The molecule has 0 aromatic carbocycles. The topological polar surface area (TPSA) is 134 Å². The van der Waals surface area contributed by atoms with E-state index in [9.17, 15) is 30.0 Å². The normalized spacial score (nSPS) is 24.1. The van der Waals surface area contributed by atoms with Crippen LogP contribution in [0.5, 0.6) is 0 Å². The molecule has 0 saturated heterocycles. The molecule has 0 aliphatic heterocycles. The molecule has 8 nitrogen and oxygen atoms in total. The second-order valence-electron chi connectivity index (χ2n) is 13.0. The van der Waals surface area contributed by atoms with Gasteiger partial charge in [0.2, 0.25) is 0 Å². The van der Waals surface area contributed by atoms with Gasteiger partial charge in [-0.05, 0) is 108 Å². The number of aliphatic hydroxyl groups is 4. The van der Waals surface area contributed by atoms with Crippen molar-refractivity contribution >= 4 is 11.9 Å². The smallest absolute Gasteiger partial charge is 0.315 e. The highest BCUT2D eigenvalue weighted by atomic mass is 16.6. The monoisotopic (exact) mass is 488 g/mol. The van der Waals surface area contributed by atoms with Crippen molar-refractivity contribution in [3.8, 4) is 0 Å². The first kappa shape index (κ1) is 30.8. The average Bonchev–Trinajstić information content (AvgIpc) is 2.58. The third kappa shape index (κ3) is 7.90. The van der Waals surface area contributed by atoms with Gasteiger partial charge in [0.05, 0.1) is 33.2 Å². The van der Waals surface area contributed by atoms with Crippen molar-refractivity contribution in [2.75, 3.05) is 0 Å². The number of carbonyl (C=O) groups excluding carboxylic acids is 2. The maximum Gasteiger partial charge on any atom is 0.315 e. The number of esters is 2. The van der Waals surface area contributed by atoms with Crippen molar-refractivity contribution in [2.24, 2.45) is 10.8 Å². The molecule has 0 heterocycles. The van der Waals surface area contributed by atoms with Crippen molar-refractivity contribution in [3.05, 3.63) is 0 Å². The molecule has 2 unspecified atom stereocenters. The quantitative estimate of drug-likeness (QED) is 0.344. The Morgan fingerprint density at radius 1 is 0.588 bits per heavy atom. The fourth-order valence-electron chi connectivity index (χ4n) is 4.64. The predicted octanol–water partition coefficient (Wildman–Crippen LogP) is 3.26. The van der Waals surface area contributed by atoms with Gasteiger partial charge in [-0.2, -0.15) is 0 Å². The van der Waals surface area contributed by atoms with Gasteiger partial charge in [0, 0.05) is 0 Å². The number of ether oxygens (including phenoxy) is 2. The summed E-state index contributed by atoms with van der Waals surface area (Å²) in [4.78, 5) is 26.1. The molecule has 1 rings (SSSR count). The Balaban J connectivity index is 2.82. The van der Waals surface area contributed by atoms with Gasteiger partial charge in [0.15, 0.2) is 0 Å². The molecule has 0 aromatic rings. The van der Waals surface area contributed by atoms with E-state index < -0.39 is 45.2 Å². The highest BCUT2D eigenvalue weighted by molar-refractivity contribution is 5.79. The van der Waals surface area contributed by atoms with Gasteiger partial charge in [0.1, 0.15) is 12.2 Å². The highest BCUT2D eigenvalue weighted by Gasteiger charge is 2.52. The van der Waals surface area contributed by atoms with Crippen molar-refractivity contribution in [2.45, 2.75) is 142 Å². The fraction of sp³-hybridized carbons (Fsp3) is 0.923. The zero-order chi connectivity index (χ0) is 27.0. The Kier molecular flexibility index (Phi) is 9.09. The van der Waals surface area contributed by atoms with Crippen LogP contribution in [-0.4, -0.2) is 67.0 Å². The van der Waals surface area contributed by atoms with Gasteiger partial charge in [-0.15, -0.1) is 0 Å². The molecule has 0 bridgehead atoms. The molecular weight excluding hydrogens is 440 g/mol. The lowest BCUT2D eigenvalue weighted by Gasteiger charge is -2.43. The molecule has 0 aromatic heterocycles. The minimum absolute atomic E-state index is 0.0338. The fourth-order valence-corrected chi connectivity index (χ4v) is 4.64. The van der Waals surface area contributed by atoms with Crippen LogP contribution in [0.4, 0.5) is 0 Å². The van der Waals surface area contributed by atoms with Crippen LogP contribution < -0.4 is 0 Å². The molecule has 4 N–H and O–H groups in total. The van der Waals surface area contributed by atoms with E-state index in [0.29, 0.717) is 25.7 Å². The molecule has 1 saturated carbocycles. The average molecular weight is 489 g/mol. The van der Waals surface area contributed by atoms with E-state index in [-0.39, 0.29) is 25.0 Å². The van der Waals surface area contributed by atoms with Crippen LogP contribution in [0.15, 0.2) is 0 Å². The third-order valence-corrected chi connectivity index (χ3v) is 7.34. The van der Waals surface area contributed by atoms with Crippen molar-refractivity contribution in [1.29, 1.82) is 0 Å². The van der Waals surface area contributed by atoms with E-state index in [0.717, 1.165) is 0 Å². The predicted molar refractivity (Wildman–Crippen MR) is 129 cm³/mol.